The van der Waals surface area contributed by atoms with E-state index in [2.05, 4.69) is 20.8 Å². The Morgan fingerprint density at radius 1 is 1.03 bits per heavy atom. The SMILES string of the molecule is COc1ccc2nccc(Oc3ccc(NC(=O)Nc4cc(C(C)(C)C)on4)cc3F)c2c1. The van der Waals surface area contributed by atoms with Gasteiger partial charge in [0.05, 0.1) is 12.6 Å². The molecule has 9 heteroatoms. The number of nitrogens with one attached hydrogen (secondary N) is 2. The average molecular weight is 450 g/mol. The first kappa shape index (κ1) is 22.1. The van der Waals surface area contributed by atoms with E-state index < -0.39 is 11.8 Å². The monoisotopic (exact) mass is 450 g/mol. The quantitative estimate of drug-likeness (QED) is 0.381. The van der Waals surface area contributed by atoms with E-state index in [9.17, 15) is 9.18 Å². The summed E-state index contributed by atoms with van der Waals surface area (Å²) < 4.78 is 31.0. The number of benzene rings is 2. The van der Waals surface area contributed by atoms with Crippen molar-refractivity contribution in [2.45, 2.75) is 26.2 Å². The van der Waals surface area contributed by atoms with Crippen molar-refractivity contribution in [2.24, 2.45) is 0 Å². The van der Waals surface area contributed by atoms with Crippen molar-refractivity contribution in [2.75, 3.05) is 17.7 Å². The topological polar surface area (TPSA) is 98.5 Å². The molecule has 2 amide bonds. The number of carbonyl (C=O) groups excluding carboxylic acids is 1. The van der Waals surface area contributed by atoms with Gasteiger partial charge in [0.2, 0.25) is 0 Å². The van der Waals surface area contributed by atoms with Gasteiger partial charge in [0.25, 0.3) is 0 Å². The van der Waals surface area contributed by atoms with Crippen LogP contribution in [-0.2, 0) is 5.41 Å². The Labute approximate surface area is 189 Å². The van der Waals surface area contributed by atoms with Crippen LogP contribution in [0.1, 0.15) is 26.5 Å². The molecule has 0 bridgehead atoms. The fourth-order valence-corrected chi connectivity index (χ4v) is 3.06. The summed E-state index contributed by atoms with van der Waals surface area (Å²) in [5.41, 5.74) is 0.692. The summed E-state index contributed by atoms with van der Waals surface area (Å²) in [6, 6.07) is 12.2. The minimum absolute atomic E-state index is 0.00241. The second kappa shape index (κ2) is 8.78. The van der Waals surface area contributed by atoms with Crippen LogP contribution in [-0.4, -0.2) is 23.3 Å². The number of aromatic nitrogens is 2. The predicted molar refractivity (Wildman–Crippen MR) is 123 cm³/mol. The highest BCUT2D eigenvalue weighted by Gasteiger charge is 2.20. The van der Waals surface area contributed by atoms with E-state index in [1.54, 1.807) is 43.6 Å². The number of urea groups is 1. The van der Waals surface area contributed by atoms with Gasteiger partial charge >= 0.3 is 6.03 Å². The van der Waals surface area contributed by atoms with E-state index in [1.807, 2.05) is 20.8 Å². The fourth-order valence-electron chi connectivity index (χ4n) is 3.06. The van der Waals surface area contributed by atoms with Gasteiger partial charge in [0.15, 0.2) is 17.4 Å². The number of pyridine rings is 1. The van der Waals surface area contributed by atoms with Crippen molar-refractivity contribution in [3.63, 3.8) is 0 Å². The van der Waals surface area contributed by atoms with Crippen LogP contribution in [0.15, 0.2) is 59.3 Å². The van der Waals surface area contributed by atoms with E-state index in [1.165, 1.54) is 18.2 Å². The third kappa shape index (κ3) is 5.03. The zero-order chi connectivity index (χ0) is 23.6. The molecule has 8 nitrogen and oxygen atoms in total. The maximum absolute atomic E-state index is 14.7. The van der Waals surface area contributed by atoms with Gasteiger partial charge in [-0.05, 0) is 36.4 Å². The Morgan fingerprint density at radius 3 is 2.55 bits per heavy atom. The number of methoxy groups -OCH3 is 1. The van der Waals surface area contributed by atoms with Gasteiger partial charge in [0, 0.05) is 34.8 Å². The molecule has 0 fully saturated rings. The van der Waals surface area contributed by atoms with Crippen LogP contribution in [0, 0.1) is 5.82 Å². The van der Waals surface area contributed by atoms with E-state index in [0.29, 0.717) is 28.2 Å². The molecule has 170 valence electrons. The van der Waals surface area contributed by atoms with Gasteiger partial charge in [-0.3, -0.25) is 10.3 Å². The summed E-state index contributed by atoms with van der Waals surface area (Å²) in [5, 5.41) is 9.63. The lowest BCUT2D eigenvalue weighted by Crippen LogP contribution is -2.19. The molecule has 0 radical (unpaired) electrons. The summed E-state index contributed by atoms with van der Waals surface area (Å²) in [6.07, 6.45) is 1.58. The lowest BCUT2D eigenvalue weighted by molar-refractivity contribution is 0.262. The molecular formula is C24H23FN4O4. The molecule has 0 aliphatic carbocycles. The molecule has 2 aromatic heterocycles. The first-order valence-electron chi connectivity index (χ1n) is 10.2. The zero-order valence-corrected chi connectivity index (χ0v) is 18.6. The second-order valence-electron chi connectivity index (χ2n) is 8.34. The van der Waals surface area contributed by atoms with Crippen molar-refractivity contribution in [3.05, 3.63) is 66.3 Å². The summed E-state index contributed by atoms with van der Waals surface area (Å²) in [5.74, 6) is 1.31. The standard InChI is InChI=1S/C24H23FN4O4/c1-24(2,3)21-13-22(29-33-21)28-23(30)27-14-5-8-20(17(25)11-14)32-19-9-10-26-18-7-6-15(31-4)12-16(18)19/h5-13H,1-4H3,(H2,27,28,29,30). The molecule has 0 aliphatic heterocycles. The van der Waals surface area contributed by atoms with Crippen LogP contribution in [0.2, 0.25) is 0 Å². The highest BCUT2D eigenvalue weighted by Crippen LogP contribution is 2.33. The lowest BCUT2D eigenvalue weighted by atomic mass is 9.93. The molecule has 2 heterocycles. The van der Waals surface area contributed by atoms with Crippen molar-refractivity contribution >= 4 is 28.4 Å². The summed E-state index contributed by atoms with van der Waals surface area (Å²) in [4.78, 5) is 16.5. The summed E-state index contributed by atoms with van der Waals surface area (Å²) in [6.45, 7) is 5.90. The summed E-state index contributed by atoms with van der Waals surface area (Å²) >= 11 is 0. The Hall–Kier alpha value is -4.14. The van der Waals surface area contributed by atoms with Gasteiger partial charge in [-0.15, -0.1) is 0 Å². The van der Waals surface area contributed by atoms with E-state index >= 15 is 0 Å². The van der Waals surface area contributed by atoms with Crippen LogP contribution >= 0.6 is 0 Å². The van der Waals surface area contributed by atoms with Crippen LogP contribution in [0.5, 0.6) is 17.2 Å². The Bertz CT molecular complexity index is 1310. The largest absolute Gasteiger partial charge is 0.497 e. The van der Waals surface area contributed by atoms with Crippen molar-refractivity contribution < 1.29 is 23.2 Å². The number of carbonyl (C=O) groups is 1. The first-order chi connectivity index (χ1) is 15.7. The molecule has 0 spiro atoms. The third-order valence-electron chi connectivity index (χ3n) is 4.81. The number of anilines is 2. The predicted octanol–water partition coefficient (Wildman–Crippen LogP) is 6.10. The minimum atomic E-state index is -0.642. The normalized spacial score (nSPS) is 11.3. The van der Waals surface area contributed by atoms with Crippen LogP contribution in [0.25, 0.3) is 10.9 Å². The molecule has 2 N–H and O–H groups in total. The zero-order valence-electron chi connectivity index (χ0n) is 18.6. The van der Waals surface area contributed by atoms with Gasteiger partial charge in [-0.25, -0.2) is 9.18 Å². The van der Waals surface area contributed by atoms with Crippen LogP contribution in [0.3, 0.4) is 0 Å². The van der Waals surface area contributed by atoms with Crippen LogP contribution in [0.4, 0.5) is 20.7 Å². The number of hydrogen-bond donors (Lipinski definition) is 2. The molecule has 0 unspecified atom stereocenters. The average Bonchev–Trinajstić information content (AvgIpc) is 3.24. The summed E-state index contributed by atoms with van der Waals surface area (Å²) in [7, 11) is 1.56. The minimum Gasteiger partial charge on any atom is -0.497 e. The third-order valence-corrected chi connectivity index (χ3v) is 4.81. The van der Waals surface area contributed by atoms with Crippen molar-refractivity contribution in [1.29, 1.82) is 0 Å². The number of rotatable bonds is 5. The molecular weight excluding hydrogens is 427 g/mol. The van der Waals surface area contributed by atoms with Crippen LogP contribution < -0.4 is 20.1 Å². The van der Waals surface area contributed by atoms with E-state index in [0.717, 1.165) is 0 Å². The molecule has 2 aromatic carbocycles. The lowest BCUT2D eigenvalue weighted by Gasteiger charge is -2.12. The van der Waals surface area contributed by atoms with Crippen molar-refractivity contribution in [1.82, 2.24) is 10.1 Å². The fraction of sp³-hybridized carbons (Fsp3) is 0.208. The molecule has 0 atom stereocenters. The molecule has 4 rings (SSSR count). The molecule has 0 saturated heterocycles. The van der Waals surface area contributed by atoms with Gasteiger partial charge in [-0.1, -0.05) is 25.9 Å². The molecule has 0 aliphatic rings. The smallest absolute Gasteiger partial charge is 0.324 e. The number of halogens is 1. The highest BCUT2D eigenvalue weighted by atomic mass is 19.1. The van der Waals surface area contributed by atoms with Gasteiger partial charge in [0.1, 0.15) is 17.3 Å². The Kier molecular flexibility index (Phi) is 5.87. The Balaban J connectivity index is 1.47. The number of fused-ring (bicyclic) bond motifs is 1. The van der Waals surface area contributed by atoms with E-state index in [-0.39, 0.29) is 22.7 Å². The maximum atomic E-state index is 14.7. The van der Waals surface area contributed by atoms with Gasteiger partial charge < -0.3 is 19.3 Å². The first-order valence-corrected chi connectivity index (χ1v) is 10.2. The van der Waals surface area contributed by atoms with Crippen molar-refractivity contribution in [3.8, 4) is 17.2 Å². The Morgan fingerprint density at radius 2 is 1.85 bits per heavy atom. The highest BCUT2D eigenvalue weighted by molar-refractivity contribution is 5.99. The van der Waals surface area contributed by atoms with Gasteiger partial charge in [-0.2, -0.15) is 0 Å². The number of nitrogens with zero attached hydrogens (tertiary/aromatic N) is 2. The molecule has 33 heavy (non-hydrogen) atoms. The molecule has 4 aromatic rings. The number of ether oxygens (including phenoxy) is 2. The van der Waals surface area contributed by atoms with E-state index in [4.69, 9.17) is 14.0 Å². The molecule has 0 saturated carbocycles. The maximum Gasteiger partial charge on any atom is 0.324 e. The number of amides is 2. The number of hydrogen-bond acceptors (Lipinski definition) is 6. The second-order valence-corrected chi connectivity index (χ2v) is 8.34.